The van der Waals surface area contributed by atoms with Crippen LogP contribution >= 0.6 is 11.6 Å². The van der Waals surface area contributed by atoms with Crippen molar-refractivity contribution in [2.75, 3.05) is 24.2 Å². The van der Waals surface area contributed by atoms with Gasteiger partial charge in [-0.3, -0.25) is 9.10 Å². The summed E-state index contributed by atoms with van der Waals surface area (Å²) in [6.45, 7) is 1.98. The Bertz CT molecular complexity index is 994. The molecule has 0 spiro atoms. The zero-order valence-corrected chi connectivity index (χ0v) is 18.0. The van der Waals surface area contributed by atoms with Gasteiger partial charge in [-0.1, -0.05) is 23.7 Å². The molecule has 0 saturated carbocycles. The number of carbonyl (C=O) groups is 1. The summed E-state index contributed by atoms with van der Waals surface area (Å²) in [5, 5.41) is 3.31. The van der Waals surface area contributed by atoms with Gasteiger partial charge in [-0.25, -0.2) is 8.42 Å². The zero-order chi connectivity index (χ0) is 21.2. The Morgan fingerprint density at radius 3 is 2.59 bits per heavy atom. The number of amides is 1. The second kappa shape index (κ2) is 8.51. The minimum Gasteiger partial charge on any atom is -0.497 e. The predicted molar refractivity (Wildman–Crippen MR) is 112 cm³/mol. The van der Waals surface area contributed by atoms with Gasteiger partial charge in [0.2, 0.25) is 10.0 Å². The molecule has 1 aliphatic heterocycles. The van der Waals surface area contributed by atoms with Crippen molar-refractivity contribution in [2.45, 2.75) is 25.5 Å². The molecule has 2 atom stereocenters. The number of nitrogens with zero attached hydrogens (tertiary/aromatic N) is 1. The Morgan fingerprint density at radius 1 is 1.28 bits per heavy atom. The summed E-state index contributed by atoms with van der Waals surface area (Å²) in [5.74, 6) is 0.717. The minimum atomic E-state index is -3.55. The number of nitrogens with one attached hydrogen (secondary N) is 1. The lowest BCUT2D eigenvalue weighted by Gasteiger charge is -2.21. The third kappa shape index (κ3) is 4.94. The van der Waals surface area contributed by atoms with Gasteiger partial charge in [0.15, 0.2) is 6.10 Å². The third-order valence-electron chi connectivity index (χ3n) is 4.72. The summed E-state index contributed by atoms with van der Waals surface area (Å²) >= 11 is 6.04. The van der Waals surface area contributed by atoms with Gasteiger partial charge in [-0.2, -0.15) is 0 Å². The van der Waals surface area contributed by atoms with E-state index in [4.69, 9.17) is 21.1 Å². The van der Waals surface area contributed by atoms with E-state index in [2.05, 4.69) is 5.32 Å². The van der Waals surface area contributed by atoms with E-state index in [1.165, 1.54) is 10.4 Å². The fraction of sp³-hybridized carbons (Fsp3) is 0.350. The highest BCUT2D eigenvalue weighted by molar-refractivity contribution is 7.92. The fourth-order valence-corrected chi connectivity index (χ4v) is 4.27. The molecule has 1 amide bonds. The van der Waals surface area contributed by atoms with Gasteiger partial charge in [0.1, 0.15) is 11.5 Å². The summed E-state index contributed by atoms with van der Waals surface area (Å²) < 4.78 is 36.7. The van der Waals surface area contributed by atoms with Gasteiger partial charge >= 0.3 is 0 Å². The molecule has 2 aromatic carbocycles. The average Bonchev–Trinajstić information content (AvgIpc) is 2.87. The van der Waals surface area contributed by atoms with Crippen molar-refractivity contribution >= 4 is 33.2 Å². The highest BCUT2D eigenvalue weighted by Gasteiger charge is 2.32. The van der Waals surface area contributed by atoms with E-state index in [-0.39, 0.29) is 24.9 Å². The van der Waals surface area contributed by atoms with Crippen molar-refractivity contribution in [1.29, 1.82) is 0 Å². The van der Waals surface area contributed by atoms with Gasteiger partial charge in [-0.15, -0.1) is 0 Å². The smallest absolute Gasteiger partial charge is 0.261 e. The van der Waals surface area contributed by atoms with Crippen LogP contribution in [0, 0.1) is 0 Å². The molecular formula is C20H23ClN2O5S. The van der Waals surface area contributed by atoms with E-state index >= 15 is 0 Å². The van der Waals surface area contributed by atoms with Crippen molar-refractivity contribution in [3.63, 3.8) is 0 Å². The Labute approximate surface area is 175 Å². The van der Waals surface area contributed by atoms with Crippen molar-refractivity contribution < 1.29 is 22.7 Å². The molecule has 1 heterocycles. The number of anilines is 1. The lowest BCUT2D eigenvalue weighted by atomic mass is 10.1. The van der Waals surface area contributed by atoms with Gasteiger partial charge in [-0.05, 0) is 42.8 Å². The highest BCUT2D eigenvalue weighted by atomic mass is 35.5. The van der Waals surface area contributed by atoms with Crippen LogP contribution in [-0.4, -0.2) is 40.3 Å². The van der Waals surface area contributed by atoms with Crippen molar-refractivity contribution in [2.24, 2.45) is 0 Å². The number of methoxy groups -OCH3 is 1. The Morgan fingerprint density at radius 2 is 1.97 bits per heavy atom. The molecule has 3 rings (SSSR count). The molecular weight excluding hydrogens is 416 g/mol. The molecule has 0 radical (unpaired) electrons. The van der Waals surface area contributed by atoms with Gasteiger partial charge in [0.05, 0.1) is 25.1 Å². The number of halogens is 1. The number of ether oxygens (including phenoxy) is 2. The lowest BCUT2D eigenvalue weighted by Crippen LogP contribution is -2.40. The van der Waals surface area contributed by atoms with Gasteiger partial charge < -0.3 is 14.8 Å². The summed E-state index contributed by atoms with van der Waals surface area (Å²) in [5.41, 5.74) is 1.25. The monoisotopic (exact) mass is 438 g/mol. The number of benzene rings is 2. The lowest BCUT2D eigenvalue weighted by molar-refractivity contribution is -0.128. The molecule has 1 N–H and O–H groups in total. The van der Waals surface area contributed by atoms with Crippen LogP contribution < -0.4 is 19.1 Å². The number of sulfonamides is 1. The quantitative estimate of drug-likeness (QED) is 0.775. The van der Waals surface area contributed by atoms with E-state index in [9.17, 15) is 13.2 Å². The third-order valence-corrected chi connectivity index (χ3v) is 6.14. The first-order chi connectivity index (χ1) is 13.7. The zero-order valence-electron chi connectivity index (χ0n) is 16.4. The molecule has 9 heteroatoms. The molecule has 29 heavy (non-hydrogen) atoms. The van der Waals surface area contributed by atoms with Crippen LogP contribution in [0.2, 0.25) is 5.02 Å². The summed E-state index contributed by atoms with van der Waals surface area (Å²) in [6, 6.07) is 11.8. The first-order valence-electron chi connectivity index (χ1n) is 9.07. The Kier molecular flexibility index (Phi) is 6.24. The van der Waals surface area contributed by atoms with E-state index in [0.29, 0.717) is 16.5 Å². The topological polar surface area (TPSA) is 84.9 Å². The molecule has 0 fully saturated rings. The van der Waals surface area contributed by atoms with E-state index in [0.717, 1.165) is 17.6 Å². The molecule has 1 aliphatic rings. The standard InChI is InChI=1S/C20H23ClN2O5S/c1-13(14-4-7-16(27-2)8-5-14)22-20(24)19-10-11-23(29(3,25)26)17-12-15(21)6-9-18(17)28-19/h4-9,12-13,19H,10-11H2,1-3H3,(H,22,24)/t13-,19-/m0/s1. The molecule has 0 aromatic heterocycles. The Balaban J connectivity index is 1.79. The van der Waals surface area contributed by atoms with Crippen LogP contribution in [0.15, 0.2) is 42.5 Å². The van der Waals surface area contributed by atoms with E-state index in [1.807, 2.05) is 31.2 Å². The van der Waals surface area contributed by atoms with Crippen LogP contribution in [0.25, 0.3) is 0 Å². The molecule has 156 valence electrons. The van der Waals surface area contributed by atoms with Crippen molar-refractivity contribution in [3.8, 4) is 11.5 Å². The highest BCUT2D eigenvalue weighted by Crippen LogP contribution is 2.36. The maximum atomic E-state index is 12.8. The Hall–Kier alpha value is -2.45. The SMILES string of the molecule is COc1ccc([C@H](C)NC(=O)[C@@H]2CCN(S(C)(=O)=O)c3cc(Cl)ccc3O2)cc1. The van der Waals surface area contributed by atoms with Crippen molar-refractivity contribution in [1.82, 2.24) is 5.32 Å². The fourth-order valence-electron chi connectivity index (χ4n) is 3.16. The molecule has 0 bridgehead atoms. The minimum absolute atomic E-state index is 0.112. The van der Waals surface area contributed by atoms with Crippen LogP contribution in [-0.2, 0) is 14.8 Å². The second-order valence-corrected chi connectivity index (χ2v) is 9.19. The van der Waals surface area contributed by atoms with Crippen LogP contribution in [0.5, 0.6) is 11.5 Å². The molecule has 0 unspecified atom stereocenters. The second-order valence-electron chi connectivity index (χ2n) is 6.85. The van der Waals surface area contributed by atoms with Crippen LogP contribution in [0.3, 0.4) is 0 Å². The number of hydrogen-bond acceptors (Lipinski definition) is 5. The maximum Gasteiger partial charge on any atom is 0.261 e. The largest absolute Gasteiger partial charge is 0.497 e. The van der Waals surface area contributed by atoms with Gasteiger partial charge in [0, 0.05) is 18.0 Å². The normalized spacial score (nSPS) is 17.5. The maximum absolute atomic E-state index is 12.8. The number of fused-ring (bicyclic) bond motifs is 1. The summed E-state index contributed by atoms with van der Waals surface area (Å²) in [4.78, 5) is 12.8. The van der Waals surface area contributed by atoms with Gasteiger partial charge in [0.25, 0.3) is 5.91 Å². The molecule has 0 saturated heterocycles. The summed E-state index contributed by atoms with van der Waals surface area (Å²) in [7, 11) is -1.96. The first-order valence-corrected chi connectivity index (χ1v) is 11.3. The average molecular weight is 439 g/mol. The molecule has 0 aliphatic carbocycles. The van der Waals surface area contributed by atoms with Crippen LogP contribution in [0.1, 0.15) is 24.9 Å². The predicted octanol–water partition coefficient (Wildman–Crippen LogP) is 3.14. The van der Waals surface area contributed by atoms with E-state index in [1.54, 1.807) is 19.2 Å². The van der Waals surface area contributed by atoms with Crippen LogP contribution in [0.4, 0.5) is 5.69 Å². The molecule has 7 nitrogen and oxygen atoms in total. The summed E-state index contributed by atoms with van der Waals surface area (Å²) in [6.07, 6.45) is 0.493. The van der Waals surface area contributed by atoms with E-state index < -0.39 is 16.1 Å². The molecule has 2 aromatic rings. The number of carbonyl (C=O) groups excluding carboxylic acids is 1. The number of hydrogen-bond donors (Lipinski definition) is 1. The van der Waals surface area contributed by atoms with Crippen molar-refractivity contribution in [3.05, 3.63) is 53.1 Å². The number of rotatable bonds is 5. The first kappa shape index (κ1) is 21.3.